The minimum atomic E-state index is 0.443. The maximum atomic E-state index is 6.41. The van der Waals surface area contributed by atoms with Gasteiger partial charge in [-0.05, 0) is 108 Å². The van der Waals surface area contributed by atoms with Crippen molar-refractivity contribution in [3.63, 3.8) is 0 Å². The van der Waals surface area contributed by atoms with Crippen molar-refractivity contribution in [3.8, 4) is 27.9 Å². The standard InChI is InChI=1S/C55H34N2O2/c1-5-16-47-37(12-1)41-27-34(20-23-49(41)56(47)36-22-25-54-44(29-36)39-14-3-7-18-52(39)58-54)32-10-9-11-33(26-32)35-21-24-50-42(28-35)38-13-2-6-17-48(38)57(50)51-31-46-40-15-4-8-19-53(40)59-55(46)45-30-43(45)51/h1-29,31,43,45H,30H2. The van der Waals surface area contributed by atoms with Crippen LogP contribution in [0.3, 0.4) is 0 Å². The van der Waals surface area contributed by atoms with E-state index in [1.54, 1.807) is 0 Å². The molecule has 2 atom stereocenters. The van der Waals surface area contributed by atoms with Crippen molar-refractivity contribution in [3.05, 3.63) is 187 Å². The summed E-state index contributed by atoms with van der Waals surface area (Å²) in [5.41, 5.74) is 16.3. The predicted octanol–water partition coefficient (Wildman–Crippen LogP) is 15.0. The van der Waals surface area contributed by atoms with Crippen LogP contribution in [0.4, 0.5) is 0 Å². The molecule has 8 aromatic carbocycles. The Labute approximate surface area is 338 Å². The molecule has 2 aliphatic carbocycles. The van der Waals surface area contributed by atoms with Gasteiger partial charge >= 0.3 is 0 Å². The van der Waals surface area contributed by atoms with Crippen LogP contribution in [-0.4, -0.2) is 9.13 Å². The third-order valence-electron chi connectivity index (χ3n) is 13.2. The molecule has 4 heterocycles. The van der Waals surface area contributed by atoms with Gasteiger partial charge in [0.25, 0.3) is 0 Å². The molecule has 4 nitrogen and oxygen atoms in total. The quantitative estimate of drug-likeness (QED) is 0.179. The third kappa shape index (κ3) is 4.43. The van der Waals surface area contributed by atoms with Crippen LogP contribution in [0.2, 0.25) is 0 Å². The van der Waals surface area contributed by atoms with Crippen molar-refractivity contribution >= 4 is 88.3 Å². The van der Waals surface area contributed by atoms with Crippen LogP contribution in [0.1, 0.15) is 23.7 Å². The fourth-order valence-corrected chi connectivity index (χ4v) is 10.4. The summed E-state index contributed by atoms with van der Waals surface area (Å²) < 4.78 is 17.5. The normalized spacial score (nSPS) is 16.2. The zero-order chi connectivity index (χ0) is 38.3. The molecule has 1 saturated carbocycles. The number of nitrogens with zero attached hydrogens (tertiary/aromatic N) is 2. The molecule has 14 rings (SSSR count). The summed E-state index contributed by atoms with van der Waals surface area (Å²) in [5, 5.41) is 8.51. The minimum absolute atomic E-state index is 0.443. The zero-order valence-electron chi connectivity index (χ0n) is 31.9. The van der Waals surface area contributed by atoms with Gasteiger partial charge in [-0.2, -0.15) is 0 Å². The van der Waals surface area contributed by atoms with Gasteiger partial charge in [-0.3, -0.25) is 0 Å². The van der Waals surface area contributed by atoms with E-state index in [1.165, 1.54) is 82.5 Å². The Morgan fingerprint density at radius 1 is 0.373 bits per heavy atom. The largest absolute Gasteiger partial charge is 0.460 e. The Bertz CT molecular complexity index is 3790. The summed E-state index contributed by atoms with van der Waals surface area (Å²) in [6, 6.07) is 64.0. The molecule has 0 radical (unpaired) electrons. The molecule has 0 N–H and O–H groups in total. The monoisotopic (exact) mass is 754 g/mol. The van der Waals surface area contributed by atoms with Gasteiger partial charge < -0.3 is 18.0 Å². The third-order valence-corrected chi connectivity index (χ3v) is 13.2. The first-order chi connectivity index (χ1) is 29.2. The lowest BCUT2D eigenvalue weighted by atomic mass is 9.97. The van der Waals surface area contributed by atoms with Gasteiger partial charge in [0.2, 0.25) is 0 Å². The highest BCUT2D eigenvalue weighted by Gasteiger charge is 2.48. The number of furan rings is 2. The second kappa shape index (κ2) is 11.5. The lowest BCUT2D eigenvalue weighted by Gasteiger charge is -2.16. The summed E-state index contributed by atoms with van der Waals surface area (Å²) in [5.74, 6) is 2.07. The average Bonchev–Trinajstić information content (AvgIpc) is 3.56. The van der Waals surface area contributed by atoms with Gasteiger partial charge in [0.1, 0.15) is 22.5 Å². The molecular formula is C55H34N2O2. The molecule has 2 unspecified atom stereocenters. The summed E-state index contributed by atoms with van der Waals surface area (Å²) in [7, 11) is 0. The van der Waals surface area contributed by atoms with Gasteiger partial charge in [-0.15, -0.1) is 0 Å². The zero-order valence-corrected chi connectivity index (χ0v) is 31.9. The van der Waals surface area contributed by atoms with E-state index in [9.17, 15) is 0 Å². The van der Waals surface area contributed by atoms with Gasteiger partial charge in [-0.1, -0.05) is 103 Å². The number of rotatable bonds is 4. The molecule has 2 aliphatic rings. The van der Waals surface area contributed by atoms with Crippen LogP contribution in [0.25, 0.3) is 116 Å². The Hall–Kier alpha value is -7.56. The van der Waals surface area contributed by atoms with E-state index in [0.29, 0.717) is 11.8 Å². The van der Waals surface area contributed by atoms with Gasteiger partial charge in [0.15, 0.2) is 0 Å². The van der Waals surface area contributed by atoms with Gasteiger partial charge in [0, 0.05) is 66.5 Å². The molecule has 4 aromatic heterocycles. The number of para-hydroxylation sites is 4. The van der Waals surface area contributed by atoms with Crippen LogP contribution in [0.15, 0.2) is 185 Å². The van der Waals surface area contributed by atoms with E-state index in [2.05, 4.69) is 179 Å². The number of aromatic nitrogens is 2. The number of allylic oxidation sites excluding steroid dienone is 1. The van der Waals surface area contributed by atoms with Crippen molar-refractivity contribution < 1.29 is 8.83 Å². The Morgan fingerprint density at radius 3 is 1.66 bits per heavy atom. The highest BCUT2D eigenvalue weighted by molar-refractivity contribution is 6.14. The van der Waals surface area contributed by atoms with Crippen molar-refractivity contribution in [2.75, 3.05) is 0 Å². The van der Waals surface area contributed by atoms with E-state index in [4.69, 9.17) is 8.83 Å². The SMILES string of the molecule is C1=C(n2c3ccccc3c3cc(-c4cccc(-c5ccc6c(c5)c5ccccc5n6-c5ccc6oc7ccccc7c6c5)c4)ccc32)C2CC2c2oc3ccccc3c21. The van der Waals surface area contributed by atoms with Gasteiger partial charge in [0.05, 0.1) is 22.1 Å². The molecule has 1 fully saturated rings. The predicted molar refractivity (Wildman–Crippen MR) is 243 cm³/mol. The lowest BCUT2D eigenvalue weighted by Crippen LogP contribution is -2.03. The van der Waals surface area contributed by atoms with Crippen LogP contribution >= 0.6 is 0 Å². The fourth-order valence-electron chi connectivity index (χ4n) is 10.4. The first-order valence-electron chi connectivity index (χ1n) is 20.6. The number of hydrogen-bond donors (Lipinski definition) is 0. The number of fused-ring (bicyclic) bond motifs is 14. The first-order valence-corrected chi connectivity index (χ1v) is 20.6. The minimum Gasteiger partial charge on any atom is -0.460 e. The molecule has 0 amide bonds. The highest BCUT2D eigenvalue weighted by Crippen LogP contribution is 2.60. The molecule has 0 aliphatic heterocycles. The van der Waals surface area contributed by atoms with E-state index in [0.717, 1.165) is 45.4 Å². The van der Waals surface area contributed by atoms with Crippen LogP contribution < -0.4 is 0 Å². The van der Waals surface area contributed by atoms with Gasteiger partial charge in [-0.25, -0.2) is 0 Å². The summed E-state index contributed by atoms with van der Waals surface area (Å²) in [4.78, 5) is 0. The molecule has 276 valence electrons. The smallest absolute Gasteiger partial charge is 0.135 e. The number of hydrogen-bond acceptors (Lipinski definition) is 2. The number of benzene rings is 8. The Morgan fingerprint density at radius 2 is 0.932 bits per heavy atom. The second-order valence-corrected chi connectivity index (χ2v) is 16.4. The molecule has 12 aromatic rings. The highest BCUT2D eigenvalue weighted by atomic mass is 16.3. The van der Waals surface area contributed by atoms with Crippen molar-refractivity contribution in [1.82, 2.24) is 9.13 Å². The fraction of sp³-hybridized carbons (Fsp3) is 0.0545. The maximum absolute atomic E-state index is 6.41. The molecule has 0 bridgehead atoms. The molecular weight excluding hydrogens is 721 g/mol. The molecule has 4 heteroatoms. The van der Waals surface area contributed by atoms with Crippen molar-refractivity contribution in [2.45, 2.75) is 12.3 Å². The summed E-state index contributed by atoms with van der Waals surface area (Å²) >= 11 is 0. The van der Waals surface area contributed by atoms with E-state index >= 15 is 0 Å². The van der Waals surface area contributed by atoms with Crippen LogP contribution in [0.5, 0.6) is 0 Å². The van der Waals surface area contributed by atoms with E-state index in [-0.39, 0.29) is 0 Å². The molecule has 0 saturated heterocycles. The first kappa shape index (κ1) is 31.5. The summed E-state index contributed by atoms with van der Waals surface area (Å²) in [6.45, 7) is 0. The average molecular weight is 755 g/mol. The topological polar surface area (TPSA) is 36.1 Å². The second-order valence-electron chi connectivity index (χ2n) is 16.4. The molecule has 59 heavy (non-hydrogen) atoms. The lowest BCUT2D eigenvalue weighted by molar-refractivity contribution is 0.544. The van der Waals surface area contributed by atoms with E-state index < -0.39 is 0 Å². The van der Waals surface area contributed by atoms with Crippen molar-refractivity contribution in [2.24, 2.45) is 5.92 Å². The van der Waals surface area contributed by atoms with Crippen LogP contribution in [-0.2, 0) is 0 Å². The Kier molecular flexibility index (Phi) is 6.16. The Balaban J connectivity index is 0.880. The maximum Gasteiger partial charge on any atom is 0.135 e. The summed E-state index contributed by atoms with van der Waals surface area (Å²) in [6.07, 6.45) is 3.54. The van der Waals surface area contributed by atoms with E-state index in [1.807, 2.05) is 12.1 Å². The van der Waals surface area contributed by atoms with Crippen LogP contribution in [0, 0.1) is 5.92 Å². The van der Waals surface area contributed by atoms with Crippen molar-refractivity contribution in [1.29, 1.82) is 0 Å². The molecule has 0 spiro atoms.